The number of alkyl halides is 2. The van der Waals surface area contributed by atoms with Gasteiger partial charge in [0.1, 0.15) is 12.1 Å². The molecule has 2 saturated carbocycles. The van der Waals surface area contributed by atoms with Gasteiger partial charge in [0.05, 0.1) is 6.04 Å². The molecule has 3 aliphatic rings. The Kier molecular flexibility index (Phi) is 8.48. The minimum absolute atomic E-state index is 0.126. The maximum absolute atomic E-state index is 13.6. The molecule has 0 aromatic rings. The molecule has 1 aliphatic heterocycles. The summed E-state index contributed by atoms with van der Waals surface area (Å²) in [6, 6.07) is -3.72. The first-order chi connectivity index (χ1) is 17.1. The lowest BCUT2D eigenvalue weighted by molar-refractivity contribution is -0.145. The van der Waals surface area contributed by atoms with Crippen molar-refractivity contribution in [2.45, 2.75) is 103 Å². The fourth-order valence-electron chi connectivity index (χ4n) is 4.92. The van der Waals surface area contributed by atoms with Crippen LogP contribution in [0.5, 0.6) is 0 Å². The zero-order chi connectivity index (χ0) is 27.7. The molecule has 10 nitrogen and oxygen atoms in total. The topological polar surface area (TPSA) is 145 Å². The SMILES string of the molecule is CC(F)(F)CC[C@H](NC(=O)C1C(C2CC2)CCN1C(=O)[C@@H](NC(=O)O)C(C)(C)C)C(=O)C(=O)NC1CC1. The Morgan fingerprint density at radius 2 is 1.59 bits per heavy atom. The molecule has 208 valence electrons. The van der Waals surface area contributed by atoms with Gasteiger partial charge in [0.25, 0.3) is 5.91 Å². The van der Waals surface area contributed by atoms with Crippen molar-refractivity contribution in [1.82, 2.24) is 20.9 Å². The first kappa shape index (κ1) is 28.8. The van der Waals surface area contributed by atoms with Crippen LogP contribution < -0.4 is 16.0 Å². The second kappa shape index (κ2) is 10.9. The zero-order valence-corrected chi connectivity index (χ0v) is 21.8. The van der Waals surface area contributed by atoms with E-state index >= 15 is 0 Å². The van der Waals surface area contributed by atoms with Crippen LogP contribution in [0.2, 0.25) is 0 Å². The number of nitrogens with one attached hydrogen (secondary N) is 3. The number of carbonyl (C=O) groups is 5. The molecule has 0 aromatic carbocycles. The first-order valence-electron chi connectivity index (χ1n) is 12.9. The van der Waals surface area contributed by atoms with Crippen molar-refractivity contribution in [2.75, 3.05) is 6.54 Å². The summed E-state index contributed by atoms with van der Waals surface area (Å²) in [5.41, 5.74) is -0.791. The lowest BCUT2D eigenvalue weighted by atomic mass is 9.85. The summed E-state index contributed by atoms with van der Waals surface area (Å²) in [5.74, 6) is -6.30. The van der Waals surface area contributed by atoms with Crippen LogP contribution in [0.15, 0.2) is 0 Å². The highest BCUT2D eigenvalue weighted by Crippen LogP contribution is 2.45. The lowest BCUT2D eigenvalue weighted by Gasteiger charge is -2.36. The number of carbonyl (C=O) groups excluding carboxylic acids is 4. The molecular weight excluding hydrogens is 490 g/mol. The standard InChI is InChI=1S/C25H38F2N4O6/c1-24(2,3)19(30-23(36)37)22(35)31-12-10-15(13-5-6-13)17(31)20(33)29-16(9-11-25(4,26)27)18(32)21(34)28-14-7-8-14/h13-17,19,30H,5-12H2,1-4H3,(H,28,34)(H,29,33)(H,36,37)/t15?,16-,17?,19+/m0/s1. The lowest BCUT2D eigenvalue weighted by Crippen LogP contribution is -2.60. The predicted octanol–water partition coefficient (Wildman–Crippen LogP) is 2.06. The van der Waals surface area contributed by atoms with E-state index in [1.54, 1.807) is 20.8 Å². The number of hydrogen-bond acceptors (Lipinski definition) is 5. The molecule has 1 saturated heterocycles. The van der Waals surface area contributed by atoms with Gasteiger partial charge >= 0.3 is 6.09 Å². The summed E-state index contributed by atoms with van der Waals surface area (Å²) in [4.78, 5) is 65.1. The highest BCUT2D eigenvalue weighted by Gasteiger charge is 2.51. The fourth-order valence-corrected chi connectivity index (χ4v) is 4.92. The Morgan fingerprint density at radius 1 is 0.973 bits per heavy atom. The number of rotatable bonds is 11. The minimum Gasteiger partial charge on any atom is -0.465 e. The van der Waals surface area contributed by atoms with Gasteiger partial charge in [0, 0.05) is 19.0 Å². The first-order valence-corrected chi connectivity index (χ1v) is 12.9. The number of hydrogen-bond donors (Lipinski definition) is 4. The van der Waals surface area contributed by atoms with E-state index in [0.29, 0.717) is 13.3 Å². The Morgan fingerprint density at radius 3 is 2.08 bits per heavy atom. The smallest absolute Gasteiger partial charge is 0.405 e. The van der Waals surface area contributed by atoms with E-state index in [9.17, 15) is 37.9 Å². The number of halogens is 2. The van der Waals surface area contributed by atoms with E-state index in [-0.39, 0.29) is 24.4 Å². The van der Waals surface area contributed by atoms with E-state index in [2.05, 4.69) is 16.0 Å². The molecule has 4 N–H and O–H groups in total. The molecule has 3 rings (SSSR count). The van der Waals surface area contributed by atoms with Gasteiger partial charge in [-0.25, -0.2) is 13.6 Å². The van der Waals surface area contributed by atoms with Crippen molar-refractivity contribution in [3.8, 4) is 0 Å². The number of ketones is 1. The third-order valence-electron chi connectivity index (χ3n) is 7.25. The van der Waals surface area contributed by atoms with Gasteiger partial charge in [0.15, 0.2) is 0 Å². The second-order valence-electron chi connectivity index (χ2n) is 11.8. The van der Waals surface area contributed by atoms with Gasteiger partial charge in [-0.2, -0.15) is 0 Å². The van der Waals surface area contributed by atoms with Crippen LogP contribution in [0.4, 0.5) is 13.6 Å². The molecule has 0 aromatic heterocycles. The Balaban J connectivity index is 1.83. The zero-order valence-electron chi connectivity index (χ0n) is 21.8. The van der Waals surface area contributed by atoms with Crippen molar-refractivity contribution in [2.24, 2.45) is 17.3 Å². The monoisotopic (exact) mass is 528 g/mol. The van der Waals surface area contributed by atoms with Gasteiger partial charge in [-0.3, -0.25) is 19.2 Å². The molecule has 3 fully saturated rings. The van der Waals surface area contributed by atoms with Crippen molar-refractivity contribution >= 4 is 29.6 Å². The van der Waals surface area contributed by atoms with E-state index in [1.807, 2.05) is 0 Å². The largest absolute Gasteiger partial charge is 0.465 e. The van der Waals surface area contributed by atoms with Gasteiger partial charge in [-0.15, -0.1) is 0 Å². The van der Waals surface area contributed by atoms with Crippen LogP contribution in [-0.4, -0.2) is 76.2 Å². The van der Waals surface area contributed by atoms with Crippen LogP contribution in [0.1, 0.15) is 72.6 Å². The number of carboxylic acid groups (broad SMARTS) is 1. The number of Topliss-reactive ketones (excluding diaryl/α,β-unsaturated/α-hetero) is 1. The summed E-state index contributed by atoms with van der Waals surface area (Å²) in [7, 11) is 0. The highest BCUT2D eigenvalue weighted by atomic mass is 19.3. The van der Waals surface area contributed by atoms with E-state index in [0.717, 1.165) is 25.7 Å². The summed E-state index contributed by atoms with van der Waals surface area (Å²) < 4.78 is 27.2. The van der Waals surface area contributed by atoms with Gasteiger partial charge in [-0.1, -0.05) is 20.8 Å². The fraction of sp³-hybridized carbons (Fsp3) is 0.800. The predicted molar refractivity (Wildman–Crippen MR) is 129 cm³/mol. The quantitative estimate of drug-likeness (QED) is 0.302. The molecular formula is C25H38F2N4O6. The van der Waals surface area contributed by atoms with Crippen molar-refractivity contribution in [3.05, 3.63) is 0 Å². The van der Waals surface area contributed by atoms with Crippen LogP contribution >= 0.6 is 0 Å². The van der Waals surface area contributed by atoms with Gasteiger partial charge < -0.3 is 26.0 Å². The molecule has 2 aliphatic carbocycles. The number of amides is 4. The highest BCUT2D eigenvalue weighted by molar-refractivity contribution is 6.38. The minimum atomic E-state index is -3.11. The van der Waals surface area contributed by atoms with Crippen molar-refractivity contribution < 1.29 is 37.9 Å². The maximum atomic E-state index is 13.6. The maximum Gasteiger partial charge on any atom is 0.405 e. The molecule has 0 bridgehead atoms. The van der Waals surface area contributed by atoms with Crippen LogP contribution in [-0.2, 0) is 19.2 Å². The average molecular weight is 529 g/mol. The number of nitrogens with zero attached hydrogens (tertiary/aromatic N) is 1. The third kappa shape index (κ3) is 7.85. The summed E-state index contributed by atoms with van der Waals surface area (Å²) in [6.45, 7) is 6.02. The second-order valence-corrected chi connectivity index (χ2v) is 11.8. The molecule has 0 radical (unpaired) electrons. The average Bonchev–Trinajstić information content (AvgIpc) is 3.71. The Hall–Kier alpha value is -2.79. The van der Waals surface area contributed by atoms with E-state index in [1.165, 1.54) is 4.90 Å². The van der Waals surface area contributed by atoms with E-state index < -0.39 is 71.9 Å². The molecule has 12 heteroatoms. The van der Waals surface area contributed by atoms with E-state index in [4.69, 9.17) is 0 Å². The molecule has 2 unspecified atom stereocenters. The molecule has 37 heavy (non-hydrogen) atoms. The van der Waals surface area contributed by atoms with Crippen LogP contribution in [0.25, 0.3) is 0 Å². The molecule has 0 spiro atoms. The molecule has 4 amide bonds. The van der Waals surface area contributed by atoms with Crippen molar-refractivity contribution in [3.63, 3.8) is 0 Å². The van der Waals surface area contributed by atoms with Crippen LogP contribution in [0, 0.1) is 17.3 Å². The van der Waals surface area contributed by atoms with Gasteiger partial charge in [0.2, 0.25) is 23.5 Å². The molecule has 1 heterocycles. The van der Waals surface area contributed by atoms with Crippen LogP contribution in [0.3, 0.4) is 0 Å². The Labute approximate surface area is 215 Å². The summed E-state index contributed by atoms with van der Waals surface area (Å²) in [5, 5.41) is 16.6. The molecule has 4 atom stereocenters. The summed E-state index contributed by atoms with van der Waals surface area (Å²) in [6.07, 6.45) is 1.20. The van der Waals surface area contributed by atoms with Gasteiger partial charge in [-0.05, 0) is 62.7 Å². The Bertz CT molecular complexity index is 923. The van der Waals surface area contributed by atoms with Crippen molar-refractivity contribution in [1.29, 1.82) is 0 Å². The summed E-state index contributed by atoms with van der Waals surface area (Å²) >= 11 is 0. The number of likely N-dealkylation sites (tertiary alicyclic amines) is 1. The normalized spacial score (nSPS) is 23.7. The third-order valence-corrected chi connectivity index (χ3v) is 7.25.